The molecule has 6 nitrogen and oxygen atoms in total. The number of carbonyl (C=O) groups excluding carboxylic acids is 1. The average molecular weight is 358 g/mol. The number of benzene rings is 1. The Hall–Kier alpha value is -1.59. The van der Waals surface area contributed by atoms with Gasteiger partial charge in [-0.2, -0.15) is 4.72 Å². The second-order valence-electron chi connectivity index (χ2n) is 5.03. The minimum absolute atomic E-state index is 0.0106. The fraction of sp³-hybridized carbons (Fsp3) is 0.400. The second kappa shape index (κ2) is 7.32. The van der Waals surface area contributed by atoms with Crippen LogP contribution < -0.4 is 4.72 Å². The summed E-state index contributed by atoms with van der Waals surface area (Å²) in [5, 5.41) is -0.0106. The van der Waals surface area contributed by atoms with Crippen LogP contribution in [-0.4, -0.2) is 40.8 Å². The molecule has 1 aliphatic heterocycles. The third-order valence-electron chi connectivity index (χ3n) is 3.54. The molecular formula is C15H16ClNO5S. The maximum absolute atomic E-state index is 12.6. The lowest BCUT2D eigenvalue weighted by atomic mass is 10.0. The van der Waals surface area contributed by atoms with Crippen LogP contribution in [0.15, 0.2) is 23.1 Å². The molecule has 2 rings (SSSR count). The Labute approximate surface area is 140 Å². The number of methoxy groups -OCH3 is 1. The first-order valence-electron chi connectivity index (χ1n) is 6.83. The summed E-state index contributed by atoms with van der Waals surface area (Å²) in [7, 11) is -2.79. The van der Waals surface area contributed by atoms with Gasteiger partial charge in [0, 0.05) is 12.5 Å². The number of hydrogen-bond acceptors (Lipinski definition) is 5. The molecule has 1 saturated heterocycles. The predicted molar refractivity (Wildman–Crippen MR) is 84.7 cm³/mol. The summed E-state index contributed by atoms with van der Waals surface area (Å²) in [5.41, 5.74) is 0.0822. The lowest BCUT2D eigenvalue weighted by molar-refractivity contribution is 0.0600. The third kappa shape index (κ3) is 4.03. The molecule has 1 heterocycles. The van der Waals surface area contributed by atoms with Crippen molar-refractivity contribution in [2.45, 2.75) is 17.4 Å². The smallest absolute Gasteiger partial charge is 0.337 e. The van der Waals surface area contributed by atoms with E-state index in [4.69, 9.17) is 22.8 Å². The highest BCUT2D eigenvalue weighted by molar-refractivity contribution is 7.89. The van der Waals surface area contributed by atoms with Crippen molar-refractivity contribution in [3.63, 3.8) is 0 Å². The highest BCUT2D eigenvalue weighted by atomic mass is 35.5. The van der Waals surface area contributed by atoms with Crippen molar-refractivity contribution in [2.24, 2.45) is 5.92 Å². The minimum atomic E-state index is -3.99. The molecular weight excluding hydrogens is 342 g/mol. The van der Waals surface area contributed by atoms with Gasteiger partial charge in [-0.25, -0.2) is 13.2 Å². The molecule has 1 N–H and O–H groups in total. The fourth-order valence-electron chi connectivity index (χ4n) is 2.27. The highest BCUT2D eigenvalue weighted by Gasteiger charge is 2.30. The van der Waals surface area contributed by atoms with Crippen LogP contribution in [-0.2, 0) is 19.5 Å². The molecule has 0 aromatic heterocycles. The average Bonchev–Trinajstić information content (AvgIpc) is 3.06. The molecule has 0 aliphatic carbocycles. The molecule has 0 unspecified atom stereocenters. The zero-order valence-electron chi connectivity index (χ0n) is 12.4. The van der Waals surface area contributed by atoms with Gasteiger partial charge in [0.05, 0.1) is 30.3 Å². The van der Waals surface area contributed by atoms with Crippen LogP contribution in [0.5, 0.6) is 0 Å². The summed E-state index contributed by atoms with van der Waals surface area (Å²) < 4.78 is 37.4. The molecule has 0 amide bonds. The molecule has 0 bridgehead atoms. The first-order valence-corrected chi connectivity index (χ1v) is 8.69. The van der Waals surface area contributed by atoms with Crippen molar-refractivity contribution in [2.75, 3.05) is 20.3 Å². The van der Waals surface area contributed by atoms with Crippen LogP contribution in [0.3, 0.4) is 0 Å². The lowest BCUT2D eigenvalue weighted by Gasteiger charge is -2.19. The Balaban J connectivity index is 2.31. The Kier molecular flexibility index (Phi) is 5.65. The summed E-state index contributed by atoms with van der Waals surface area (Å²) in [5.74, 6) is 1.68. The zero-order valence-corrected chi connectivity index (χ0v) is 14.0. The van der Waals surface area contributed by atoms with E-state index in [-0.39, 0.29) is 21.4 Å². The van der Waals surface area contributed by atoms with Gasteiger partial charge >= 0.3 is 5.97 Å². The number of ether oxygens (including phenoxy) is 2. The van der Waals surface area contributed by atoms with E-state index in [2.05, 4.69) is 15.4 Å². The Morgan fingerprint density at radius 2 is 2.30 bits per heavy atom. The van der Waals surface area contributed by atoms with Crippen molar-refractivity contribution in [1.29, 1.82) is 0 Å². The van der Waals surface area contributed by atoms with Gasteiger partial charge in [-0.1, -0.05) is 17.5 Å². The maximum atomic E-state index is 12.6. The zero-order chi connectivity index (χ0) is 17.0. The Bertz CT molecular complexity index is 735. The molecule has 8 heteroatoms. The summed E-state index contributed by atoms with van der Waals surface area (Å²) in [6.45, 7) is 0.941. The summed E-state index contributed by atoms with van der Waals surface area (Å²) in [6.07, 6.45) is 6.11. The molecule has 0 spiro atoms. The van der Waals surface area contributed by atoms with Crippen molar-refractivity contribution < 1.29 is 22.7 Å². The number of terminal acetylenes is 1. The number of rotatable bonds is 5. The molecule has 23 heavy (non-hydrogen) atoms. The van der Waals surface area contributed by atoms with E-state index in [1.165, 1.54) is 19.2 Å². The fourth-order valence-corrected chi connectivity index (χ4v) is 4.02. The molecule has 0 saturated carbocycles. The summed E-state index contributed by atoms with van der Waals surface area (Å²) >= 11 is 5.97. The number of sulfonamides is 1. The predicted octanol–water partition coefficient (Wildman–Crippen LogP) is 1.44. The van der Waals surface area contributed by atoms with E-state index in [0.717, 1.165) is 6.07 Å². The van der Waals surface area contributed by atoms with Crippen LogP contribution in [0, 0.1) is 18.3 Å². The van der Waals surface area contributed by atoms with Crippen molar-refractivity contribution in [3.05, 3.63) is 28.8 Å². The van der Waals surface area contributed by atoms with Crippen LogP contribution in [0.4, 0.5) is 0 Å². The van der Waals surface area contributed by atoms with E-state index in [0.29, 0.717) is 19.6 Å². The number of halogens is 1. The van der Waals surface area contributed by atoms with Crippen molar-refractivity contribution >= 4 is 27.6 Å². The molecule has 1 aromatic rings. The topological polar surface area (TPSA) is 81.7 Å². The number of esters is 1. The largest absolute Gasteiger partial charge is 0.465 e. The number of nitrogens with one attached hydrogen (secondary N) is 1. The second-order valence-corrected chi connectivity index (χ2v) is 7.12. The van der Waals surface area contributed by atoms with E-state index >= 15 is 0 Å². The monoisotopic (exact) mass is 357 g/mol. The Morgan fingerprint density at radius 1 is 1.57 bits per heavy atom. The van der Waals surface area contributed by atoms with Crippen molar-refractivity contribution in [1.82, 2.24) is 4.72 Å². The summed E-state index contributed by atoms with van der Waals surface area (Å²) in [4.78, 5) is 11.3. The van der Waals surface area contributed by atoms with Crippen LogP contribution in [0.25, 0.3) is 0 Å². The van der Waals surface area contributed by atoms with E-state index in [1.807, 2.05) is 0 Å². The molecule has 1 aromatic carbocycles. The van der Waals surface area contributed by atoms with Gasteiger partial charge in [0.25, 0.3) is 0 Å². The number of carbonyl (C=O) groups is 1. The van der Waals surface area contributed by atoms with Crippen LogP contribution >= 0.6 is 11.6 Å². The van der Waals surface area contributed by atoms with E-state index in [9.17, 15) is 13.2 Å². The normalized spacial score (nSPS) is 19.1. The molecule has 124 valence electrons. The van der Waals surface area contributed by atoms with Crippen molar-refractivity contribution in [3.8, 4) is 12.3 Å². The summed E-state index contributed by atoms with van der Waals surface area (Å²) in [6, 6.07) is 3.16. The maximum Gasteiger partial charge on any atom is 0.337 e. The first-order chi connectivity index (χ1) is 10.9. The van der Waals surface area contributed by atoms with Gasteiger partial charge in [-0.05, 0) is 24.6 Å². The quantitative estimate of drug-likeness (QED) is 0.637. The van der Waals surface area contributed by atoms with Crippen LogP contribution in [0.2, 0.25) is 5.02 Å². The van der Waals surface area contributed by atoms with Gasteiger partial charge in [0.2, 0.25) is 10.0 Å². The van der Waals surface area contributed by atoms with E-state index < -0.39 is 22.0 Å². The number of hydrogen-bond donors (Lipinski definition) is 1. The van der Waals surface area contributed by atoms with Crippen LogP contribution in [0.1, 0.15) is 16.8 Å². The Morgan fingerprint density at radius 3 is 2.87 bits per heavy atom. The first kappa shape index (κ1) is 17.8. The SMILES string of the molecule is C#C[C@@H](NS(=O)(=O)c1cc(C(=O)OC)ccc1Cl)[C@H]1CCOC1. The van der Waals surface area contributed by atoms with Gasteiger partial charge < -0.3 is 9.47 Å². The standard InChI is InChI=1S/C15H16ClNO5S/c1-3-13(11-6-7-22-9-11)17-23(19,20)14-8-10(15(18)21-2)4-5-12(14)16/h1,4-5,8,11,13,17H,6-7,9H2,2H3/t11-,13+/m0/s1. The minimum Gasteiger partial charge on any atom is -0.465 e. The van der Waals surface area contributed by atoms with E-state index in [1.54, 1.807) is 0 Å². The molecule has 1 fully saturated rings. The molecule has 2 atom stereocenters. The van der Waals surface area contributed by atoms with Gasteiger partial charge in [-0.3, -0.25) is 0 Å². The highest BCUT2D eigenvalue weighted by Crippen LogP contribution is 2.25. The van der Waals surface area contributed by atoms with Gasteiger partial charge in [0.15, 0.2) is 0 Å². The third-order valence-corrected chi connectivity index (χ3v) is 5.46. The van der Waals surface area contributed by atoms with Gasteiger partial charge in [-0.15, -0.1) is 6.42 Å². The lowest BCUT2D eigenvalue weighted by Crippen LogP contribution is -2.39. The molecule has 0 radical (unpaired) electrons. The molecule has 1 aliphatic rings. The van der Waals surface area contributed by atoms with Gasteiger partial charge in [0.1, 0.15) is 4.90 Å².